The average molecular weight is 424 g/mol. The van der Waals surface area contributed by atoms with Gasteiger partial charge >= 0.3 is 0 Å². The molecule has 0 saturated heterocycles. The quantitative estimate of drug-likeness (QED) is 0.575. The van der Waals surface area contributed by atoms with Crippen LogP contribution in [0, 0.1) is 0 Å². The van der Waals surface area contributed by atoms with Gasteiger partial charge in [0.05, 0.1) is 11.3 Å². The van der Waals surface area contributed by atoms with Gasteiger partial charge in [-0.05, 0) is 43.5 Å². The molecule has 0 radical (unpaired) electrons. The van der Waals surface area contributed by atoms with Crippen LogP contribution in [-0.4, -0.2) is 43.7 Å². The molecule has 0 fully saturated rings. The monoisotopic (exact) mass is 424 g/mol. The van der Waals surface area contributed by atoms with Gasteiger partial charge in [-0.1, -0.05) is 13.8 Å². The zero-order chi connectivity index (χ0) is 22.3. The van der Waals surface area contributed by atoms with E-state index in [4.69, 9.17) is 9.47 Å². The number of amides is 1. The third kappa shape index (κ3) is 3.74. The Balaban J connectivity index is 1.93. The van der Waals surface area contributed by atoms with Crippen LogP contribution in [0.3, 0.4) is 0 Å². The molecule has 9 nitrogen and oxygen atoms in total. The van der Waals surface area contributed by atoms with Crippen LogP contribution in [0.1, 0.15) is 49.8 Å². The number of aromatic nitrogens is 3. The molecule has 0 atom stereocenters. The molecule has 162 valence electrons. The first-order valence-electron chi connectivity index (χ1n) is 9.98. The number of hydrogen-bond donors (Lipinski definition) is 3. The molecule has 1 aromatic heterocycles. The van der Waals surface area contributed by atoms with E-state index >= 15 is 0 Å². The summed E-state index contributed by atoms with van der Waals surface area (Å²) in [6.07, 6.45) is 0. The first-order valence-corrected chi connectivity index (χ1v) is 9.98. The maximum absolute atomic E-state index is 12.8. The van der Waals surface area contributed by atoms with Crippen LogP contribution in [0.15, 0.2) is 30.3 Å². The highest BCUT2D eigenvalue weighted by Crippen LogP contribution is 2.39. The molecule has 3 aromatic rings. The van der Waals surface area contributed by atoms with Crippen molar-refractivity contribution in [2.24, 2.45) is 0 Å². The van der Waals surface area contributed by atoms with Crippen molar-refractivity contribution in [2.75, 3.05) is 6.79 Å². The van der Waals surface area contributed by atoms with Crippen LogP contribution in [0.4, 0.5) is 0 Å². The van der Waals surface area contributed by atoms with E-state index in [2.05, 4.69) is 15.5 Å². The van der Waals surface area contributed by atoms with E-state index in [1.807, 2.05) is 27.7 Å². The molecule has 0 unspecified atom stereocenters. The Morgan fingerprint density at radius 3 is 2.48 bits per heavy atom. The highest BCUT2D eigenvalue weighted by Gasteiger charge is 2.26. The molecule has 1 amide bonds. The summed E-state index contributed by atoms with van der Waals surface area (Å²) >= 11 is 0. The van der Waals surface area contributed by atoms with Crippen molar-refractivity contribution in [2.45, 2.75) is 39.7 Å². The highest BCUT2D eigenvalue weighted by molar-refractivity contribution is 5.92. The fourth-order valence-corrected chi connectivity index (χ4v) is 3.44. The summed E-state index contributed by atoms with van der Waals surface area (Å²) in [6, 6.07) is 8.05. The van der Waals surface area contributed by atoms with Crippen LogP contribution in [0.5, 0.6) is 23.0 Å². The number of fused-ring (bicyclic) bond motifs is 1. The van der Waals surface area contributed by atoms with E-state index in [1.165, 1.54) is 6.07 Å². The van der Waals surface area contributed by atoms with Crippen LogP contribution < -0.4 is 14.8 Å². The Morgan fingerprint density at radius 2 is 1.77 bits per heavy atom. The highest BCUT2D eigenvalue weighted by atomic mass is 16.7. The first-order chi connectivity index (χ1) is 14.8. The molecule has 1 aliphatic rings. The lowest BCUT2D eigenvalue weighted by Crippen LogP contribution is -2.32. The van der Waals surface area contributed by atoms with Gasteiger partial charge in [-0.3, -0.25) is 9.36 Å². The second kappa shape index (κ2) is 7.82. The fraction of sp³-hybridized carbons (Fsp3) is 0.318. The maximum Gasteiger partial charge on any atom is 0.289 e. The second-order valence-corrected chi connectivity index (χ2v) is 7.93. The lowest BCUT2D eigenvalue weighted by molar-refractivity contribution is 0.0930. The molecule has 0 aliphatic carbocycles. The van der Waals surface area contributed by atoms with Crippen LogP contribution in [-0.2, 0) is 0 Å². The number of benzene rings is 2. The largest absolute Gasteiger partial charge is 0.508 e. The Hall–Kier alpha value is -3.75. The molecule has 1 aliphatic heterocycles. The summed E-state index contributed by atoms with van der Waals surface area (Å²) in [7, 11) is 0. The topological polar surface area (TPSA) is 119 Å². The van der Waals surface area contributed by atoms with E-state index < -0.39 is 5.91 Å². The zero-order valence-electron chi connectivity index (χ0n) is 17.7. The van der Waals surface area contributed by atoms with Crippen molar-refractivity contribution >= 4 is 5.91 Å². The molecule has 2 aromatic carbocycles. The van der Waals surface area contributed by atoms with Gasteiger partial charge in [0.2, 0.25) is 12.6 Å². The van der Waals surface area contributed by atoms with E-state index in [9.17, 15) is 15.0 Å². The van der Waals surface area contributed by atoms with Gasteiger partial charge in [-0.2, -0.15) is 0 Å². The Morgan fingerprint density at radius 1 is 1.03 bits per heavy atom. The molecule has 0 bridgehead atoms. The summed E-state index contributed by atoms with van der Waals surface area (Å²) < 4.78 is 12.4. The number of phenolic OH excluding ortho intramolecular Hbond substituents is 2. The minimum Gasteiger partial charge on any atom is -0.508 e. The summed E-state index contributed by atoms with van der Waals surface area (Å²) in [4.78, 5) is 12.8. The van der Waals surface area contributed by atoms with Crippen molar-refractivity contribution in [3.8, 4) is 40.1 Å². The molecule has 0 saturated carbocycles. The van der Waals surface area contributed by atoms with Gasteiger partial charge in [-0.15, -0.1) is 10.2 Å². The number of nitrogens with one attached hydrogen (secondary N) is 1. The van der Waals surface area contributed by atoms with Crippen molar-refractivity contribution in [3.63, 3.8) is 0 Å². The number of rotatable bonds is 5. The normalized spacial score (nSPS) is 12.6. The van der Waals surface area contributed by atoms with Gasteiger partial charge in [0.1, 0.15) is 11.5 Å². The van der Waals surface area contributed by atoms with Gasteiger partial charge in [0.25, 0.3) is 5.91 Å². The van der Waals surface area contributed by atoms with E-state index in [-0.39, 0.29) is 41.9 Å². The Kier molecular flexibility index (Phi) is 5.18. The van der Waals surface area contributed by atoms with Crippen molar-refractivity contribution in [1.29, 1.82) is 0 Å². The predicted molar refractivity (Wildman–Crippen MR) is 113 cm³/mol. The maximum atomic E-state index is 12.8. The lowest BCUT2D eigenvalue weighted by Gasteiger charge is -2.15. The van der Waals surface area contributed by atoms with Crippen molar-refractivity contribution < 1.29 is 24.5 Å². The molecule has 3 N–H and O–H groups in total. The number of ether oxygens (including phenoxy) is 2. The summed E-state index contributed by atoms with van der Waals surface area (Å²) in [6.45, 7) is 7.67. The molecule has 4 rings (SSSR count). The van der Waals surface area contributed by atoms with Gasteiger partial charge in [-0.25, -0.2) is 0 Å². The zero-order valence-corrected chi connectivity index (χ0v) is 17.7. The third-order valence-electron chi connectivity index (χ3n) is 4.91. The lowest BCUT2D eigenvalue weighted by atomic mass is 9.98. The standard InChI is InChI=1S/C22H24N4O5/c1-11(2)14-8-15(17(28)9-16(14)27)20-24-25-21(22(29)23-12(3)4)26(20)13-5-6-18-19(7-13)31-10-30-18/h5-9,11-12,27-28H,10H2,1-4H3,(H,23,29). The smallest absolute Gasteiger partial charge is 0.289 e. The molecule has 0 spiro atoms. The van der Waals surface area contributed by atoms with E-state index in [1.54, 1.807) is 28.8 Å². The SMILES string of the molecule is CC(C)NC(=O)c1nnc(-c2cc(C(C)C)c(O)cc2O)n1-c1ccc2c(c1)OCO2. The molecule has 31 heavy (non-hydrogen) atoms. The van der Waals surface area contributed by atoms with Crippen LogP contribution in [0.25, 0.3) is 17.1 Å². The predicted octanol–water partition coefficient (Wildman–Crippen LogP) is 3.34. The number of carbonyl (C=O) groups excluding carboxylic acids is 1. The Bertz CT molecular complexity index is 1150. The van der Waals surface area contributed by atoms with Crippen molar-refractivity contribution in [3.05, 3.63) is 41.7 Å². The molecular weight excluding hydrogens is 400 g/mol. The number of nitrogens with zero attached hydrogens (tertiary/aromatic N) is 3. The van der Waals surface area contributed by atoms with Gasteiger partial charge in [0.15, 0.2) is 17.3 Å². The summed E-state index contributed by atoms with van der Waals surface area (Å²) in [5.41, 5.74) is 1.55. The van der Waals surface area contributed by atoms with Gasteiger partial charge in [0, 0.05) is 18.2 Å². The third-order valence-corrected chi connectivity index (χ3v) is 4.91. The average Bonchev–Trinajstić information content (AvgIpc) is 3.33. The number of carbonyl (C=O) groups is 1. The summed E-state index contributed by atoms with van der Waals surface area (Å²) in [5.74, 6) is 0.855. The van der Waals surface area contributed by atoms with Crippen LogP contribution >= 0.6 is 0 Å². The van der Waals surface area contributed by atoms with E-state index in [0.717, 1.165) is 0 Å². The number of phenols is 2. The number of aromatic hydroxyl groups is 2. The van der Waals surface area contributed by atoms with Gasteiger partial charge < -0.3 is 25.0 Å². The second-order valence-electron chi connectivity index (χ2n) is 7.93. The first kappa shape index (κ1) is 20.5. The van der Waals surface area contributed by atoms with E-state index in [0.29, 0.717) is 28.3 Å². The molecule has 9 heteroatoms. The summed E-state index contributed by atoms with van der Waals surface area (Å²) in [5, 5.41) is 31.9. The minimum absolute atomic E-state index is 0.00461. The fourth-order valence-electron chi connectivity index (χ4n) is 3.44. The number of hydrogen-bond acceptors (Lipinski definition) is 7. The van der Waals surface area contributed by atoms with Crippen molar-refractivity contribution in [1.82, 2.24) is 20.1 Å². The minimum atomic E-state index is -0.409. The Labute approximate surface area is 179 Å². The molecular formula is C22H24N4O5. The van der Waals surface area contributed by atoms with Crippen LogP contribution in [0.2, 0.25) is 0 Å². The molecule has 2 heterocycles.